The topological polar surface area (TPSA) is 32.3 Å². The first-order valence-electron chi connectivity index (χ1n) is 6.90. The minimum absolute atomic E-state index is 0.0541. The molecule has 0 aromatic heterocycles. The maximum Gasteiger partial charge on any atom is 0.239 e. The Balaban J connectivity index is 1.52. The Hall–Kier alpha value is -0.870. The van der Waals surface area contributed by atoms with E-state index in [9.17, 15) is 4.79 Å². The molecule has 0 radical (unpaired) electrons. The highest BCUT2D eigenvalue weighted by Gasteiger charge is 2.36. The smallest absolute Gasteiger partial charge is 0.239 e. The van der Waals surface area contributed by atoms with Gasteiger partial charge in [-0.3, -0.25) is 4.79 Å². The lowest BCUT2D eigenvalue weighted by atomic mass is 9.75. The predicted octanol–water partition coefficient (Wildman–Crippen LogP) is 2.52. The minimum Gasteiger partial charge on any atom is -0.344 e. The van der Waals surface area contributed by atoms with E-state index in [2.05, 4.69) is 45.5 Å². The van der Waals surface area contributed by atoms with E-state index in [0.717, 1.165) is 30.3 Å². The van der Waals surface area contributed by atoms with Crippen molar-refractivity contribution in [2.24, 2.45) is 0 Å². The minimum atomic E-state index is 0.0541. The molecule has 3 nitrogen and oxygen atoms in total. The van der Waals surface area contributed by atoms with Crippen LogP contribution in [-0.2, 0) is 4.79 Å². The van der Waals surface area contributed by atoms with Crippen molar-refractivity contribution in [1.29, 1.82) is 0 Å². The molecule has 1 aromatic rings. The SMILES string of the molecule is CN1CCC(NC2CC(c3cccc(Br)c3)C2)C1=O. The fraction of sp³-hybridized carbons (Fsp3) is 0.533. The van der Waals surface area contributed by atoms with Crippen LogP contribution >= 0.6 is 15.9 Å². The third-order valence-corrected chi connectivity index (χ3v) is 4.82. The van der Waals surface area contributed by atoms with Gasteiger partial charge in [0.25, 0.3) is 0 Å². The quantitative estimate of drug-likeness (QED) is 0.927. The van der Waals surface area contributed by atoms with E-state index in [1.165, 1.54) is 5.56 Å². The zero-order chi connectivity index (χ0) is 13.4. The van der Waals surface area contributed by atoms with Crippen molar-refractivity contribution in [3.05, 3.63) is 34.3 Å². The summed E-state index contributed by atoms with van der Waals surface area (Å²) in [5.74, 6) is 0.898. The fourth-order valence-corrected chi connectivity index (χ4v) is 3.47. The second-order valence-corrected chi connectivity index (χ2v) is 6.60. The van der Waals surface area contributed by atoms with E-state index in [1.807, 2.05) is 11.9 Å². The molecule has 1 aromatic carbocycles. The third kappa shape index (κ3) is 2.70. The molecule has 1 saturated heterocycles. The van der Waals surface area contributed by atoms with E-state index >= 15 is 0 Å². The Labute approximate surface area is 122 Å². The van der Waals surface area contributed by atoms with E-state index in [-0.39, 0.29) is 11.9 Å². The van der Waals surface area contributed by atoms with Gasteiger partial charge in [0.15, 0.2) is 0 Å². The van der Waals surface area contributed by atoms with E-state index in [4.69, 9.17) is 0 Å². The maximum atomic E-state index is 11.8. The monoisotopic (exact) mass is 322 g/mol. The van der Waals surface area contributed by atoms with Gasteiger partial charge in [-0.2, -0.15) is 0 Å². The van der Waals surface area contributed by atoms with Crippen LogP contribution in [0.2, 0.25) is 0 Å². The number of nitrogens with one attached hydrogen (secondary N) is 1. The molecule has 1 saturated carbocycles. The molecule has 2 aliphatic rings. The molecule has 102 valence electrons. The third-order valence-electron chi connectivity index (χ3n) is 4.32. The number of hydrogen-bond acceptors (Lipinski definition) is 2. The fourth-order valence-electron chi connectivity index (χ4n) is 3.05. The summed E-state index contributed by atoms with van der Waals surface area (Å²) in [6.07, 6.45) is 3.24. The normalized spacial score (nSPS) is 30.5. The molecule has 4 heteroatoms. The summed E-state index contributed by atoms with van der Waals surface area (Å²) in [4.78, 5) is 13.7. The van der Waals surface area contributed by atoms with Crippen LogP contribution < -0.4 is 5.32 Å². The van der Waals surface area contributed by atoms with E-state index in [1.54, 1.807) is 0 Å². The summed E-state index contributed by atoms with van der Waals surface area (Å²) >= 11 is 3.52. The van der Waals surface area contributed by atoms with Gasteiger partial charge >= 0.3 is 0 Å². The van der Waals surface area contributed by atoms with Gasteiger partial charge in [-0.15, -0.1) is 0 Å². The number of nitrogens with zero attached hydrogens (tertiary/aromatic N) is 1. The first kappa shape index (κ1) is 13.1. The summed E-state index contributed by atoms with van der Waals surface area (Å²) < 4.78 is 1.15. The highest BCUT2D eigenvalue weighted by Crippen LogP contribution is 2.38. The molecule has 1 N–H and O–H groups in total. The van der Waals surface area contributed by atoms with Gasteiger partial charge in [0.2, 0.25) is 5.91 Å². The average Bonchev–Trinajstić information content (AvgIpc) is 2.64. The molecule has 3 rings (SSSR count). The largest absolute Gasteiger partial charge is 0.344 e. The van der Waals surface area contributed by atoms with Crippen LogP contribution in [0.4, 0.5) is 0 Å². The summed E-state index contributed by atoms with van der Waals surface area (Å²) in [5, 5.41) is 3.51. The van der Waals surface area contributed by atoms with Crippen LogP contribution in [-0.4, -0.2) is 36.5 Å². The number of carbonyl (C=O) groups excluding carboxylic acids is 1. The second-order valence-electron chi connectivity index (χ2n) is 5.69. The summed E-state index contributed by atoms with van der Waals surface area (Å²) in [6.45, 7) is 0.887. The van der Waals surface area contributed by atoms with Gasteiger partial charge in [-0.25, -0.2) is 0 Å². The summed E-state index contributed by atoms with van der Waals surface area (Å²) in [5.41, 5.74) is 1.40. The van der Waals surface area contributed by atoms with Crippen LogP contribution in [0.3, 0.4) is 0 Å². The van der Waals surface area contributed by atoms with Crippen molar-refractivity contribution in [3.63, 3.8) is 0 Å². The van der Waals surface area contributed by atoms with Crippen molar-refractivity contribution >= 4 is 21.8 Å². The lowest BCUT2D eigenvalue weighted by Crippen LogP contribution is -2.48. The Morgan fingerprint density at radius 1 is 1.37 bits per heavy atom. The highest BCUT2D eigenvalue weighted by atomic mass is 79.9. The Morgan fingerprint density at radius 3 is 2.79 bits per heavy atom. The lowest BCUT2D eigenvalue weighted by molar-refractivity contribution is -0.128. The molecular weight excluding hydrogens is 304 g/mol. The van der Waals surface area contributed by atoms with Gasteiger partial charge in [0, 0.05) is 24.1 Å². The second kappa shape index (κ2) is 5.25. The highest BCUT2D eigenvalue weighted by molar-refractivity contribution is 9.10. The Morgan fingerprint density at radius 2 is 2.16 bits per heavy atom. The lowest BCUT2D eigenvalue weighted by Gasteiger charge is -2.37. The first-order valence-corrected chi connectivity index (χ1v) is 7.69. The average molecular weight is 323 g/mol. The number of hydrogen-bond donors (Lipinski definition) is 1. The molecule has 0 bridgehead atoms. The van der Waals surface area contributed by atoms with Crippen molar-refractivity contribution in [2.45, 2.75) is 37.3 Å². The number of carbonyl (C=O) groups is 1. The molecule has 1 atom stereocenters. The zero-order valence-corrected chi connectivity index (χ0v) is 12.7. The van der Waals surface area contributed by atoms with Crippen LogP contribution in [0.25, 0.3) is 0 Å². The van der Waals surface area contributed by atoms with Crippen molar-refractivity contribution in [1.82, 2.24) is 10.2 Å². The van der Waals surface area contributed by atoms with Gasteiger partial charge in [0.05, 0.1) is 6.04 Å². The molecule has 2 fully saturated rings. The van der Waals surface area contributed by atoms with Crippen LogP contribution in [0.15, 0.2) is 28.7 Å². The zero-order valence-electron chi connectivity index (χ0n) is 11.1. The molecule has 1 unspecified atom stereocenters. The molecular formula is C15H19BrN2O. The van der Waals surface area contributed by atoms with E-state index in [0.29, 0.717) is 12.0 Å². The summed E-state index contributed by atoms with van der Waals surface area (Å²) in [6, 6.07) is 9.11. The van der Waals surface area contributed by atoms with E-state index < -0.39 is 0 Å². The van der Waals surface area contributed by atoms with Crippen molar-refractivity contribution < 1.29 is 4.79 Å². The number of amides is 1. The van der Waals surface area contributed by atoms with Gasteiger partial charge in [-0.05, 0) is 42.9 Å². The first-order chi connectivity index (χ1) is 9.13. The molecule has 1 aliphatic carbocycles. The molecule has 1 aliphatic heterocycles. The molecule has 19 heavy (non-hydrogen) atoms. The number of likely N-dealkylation sites (N-methyl/N-ethyl adjacent to an activating group) is 1. The van der Waals surface area contributed by atoms with Crippen molar-refractivity contribution in [3.8, 4) is 0 Å². The molecule has 0 spiro atoms. The summed E-state index contributed by atoms with van der Waals surface area (Å²) in [7, 11) is 1.88. The molecule has 1 heterocycles. The van der Waals surface area contributed by atoms with Crippen molar-refractivity contribution in [2.75, 3.05) is 13.6 Å². The van der Waals surface area contributed by atoms with Crippen LogP contribution in [0.5, 0.6) is 0 Å². The predicted molar refractivity (Wildman–Crippen MR) is 79.1 cm³/mol. The number of likely N-dealkylation sites (tertiary alicyclic amines) is 1. The van der Waals surface area contributed by atoms with Gasteiger partial charge in [-0.1, -0.05) is 28.1 Å². The number of halogens is 1. The van der Waals surface area contributed by atoms with Crippen LogP contribution in [0.1, 0.15) is 30.7 Å². The maximum absolute atomic E-state index is 11.8. The standard InChI is InChI=1S/C15H19BrN2O/c1-18-6-5-14(15(18)19)17-13-8-11(9-13)10-3-2-4-12(16)7-10/h2-4,7,11,13-14,17H,5-6,8-9H2,1H3. The van der Waals surface area contributed by atoms with Gasteiger partial charge < -0.3 is 10.2 Å². The number of rotatable bonds is 3. The Kier molecular flexibility index (Phi) is 3.63. The van der Waals surface area contributed by atoms with Gasteiger partial charge in [0.1, 0.15) is 0 Å². The molecule has 1 amide bonds. The number of benzene rings is 1. The Bertz CT molecular complexity index is 485. The van der Waals surface area contributed by atoms with Crippen LogP contribution in [0, 0.1) is 0 Å².